The molecule has 1 amide bonds. The van der Waals surface area contributed by atoms with Gasteiger partial charge < -0.3 is 9.80 Å². The Morgan fingerprint density at radius 1 is 1.11 bits per heavy atom. The highest BCUT2D eigenvalue weighted by Crippen LogP contribution is 2.24. The van der Waals surface area contributed by atoms with Crippen LogP contribution in [0.3, 0.4) is 0 Å². The summed E-state index contributed by atoms with van der Waals surface area (Å²) in [6.45, 7) is 1.59. The van der Waals surface area contributed by atoms with Crippen LogP contribution in [0.2, 0.25) is 0 Å². The van der Waals surface area contributed by atoms with Crippen LogP contribution in [0.5, 0.6) is 0 Å². The highest BCUT2D eigenvalue weighted by atomic mass is 16.2. The number of hydrogen-bond donors (Lipinski definition) is 0. The van der Waals surface area contributed by atoms with E-state index < -0.39 is 0 Å². The fourth-order valence-electron chi connectivity index (χ4n) is 3.96. The lowest BCUT2D eigenvalue weighted by Crippen LogP contribution is -2.45. The van der Waals surface area contributed by atoms with Crippen molar-refractivity contribution in [3.8, 4) is 0 Å². The molecule has 27 heavy (non-hydrogen) atoms. The molecule has 1 aliphatic rings. The Hall–Kier alpha value is -2.21. The lowest BCUT2D eigenvalue weighted by Gasteiger charge is -2.35. The minimum atomic E-state index is -0.126. The minimum absolute atomic E-state index is 0.111. The zero-order valence-corrected chi connectivity index (χ0v) is 16.6. The number of carbonyl (C=O) groups is 1. The van der Waals surface area contributed by atoms with Gasteiger partial charge in [0.15, 0.2) is 0 Å². The van der Waals surface area contributed by atoms with Gasteiger partial charge in [0.05, 0.1) is 17.5 Å². The smallest absolute Gasteiger partial charge is 0.274 e. The third kappa shape index (κ3) is 4.56. The maximum atomic E-state index is 13.2. The SMILES string of the molecule is CN(C)CCN(C(=O)Cc1nn(C)c(=O)c2ccccc12)C1CCCCC1. The van der Waals surface area contributed by atoms with Gasteiger partial charge in [-0.15, -0.1) is 0 Å². The average molecular weight is 370 g/mol. The second kappa shape index (κ2) is 8.65. The summed E-state index contributed by atoms with van der Waals surface area (Å²) in [7, 11) is 5.71. The molecule has 1 saturated carbocycles. The topological polar surface area (TPSA) is 58.4 Å². The first-order valence-electron chi connectivity index (χ1n) is 9.86. The van der Waals surface area contributed by atoms with Gasteiger partial charge in [-0.3, -0.25) is 9.59 Å². The van der Waals surface area contributed by atoms with E-state index in [1.165, 1.54) is 23.9 Å². The molecule has 0 unspecified atom stereocenters. The van der Waals surface area contributed by atoms with E-state index in [4.69, 9.17) is 0 Å². The van der Waals surface area contributed by atoms with Crippen molar-refractivity contribution >= 4 is 16.7 Å². The first-order chi connectivity index (χ1) is 13.0. The highest BCUT2D eigenvalue weighted by molar-refractivity contribution is 5.88. The number of rotatable bonds is 6. The molecule has 0 N–H and O–H groups in total. The number of amides is 1. The summed E-state index contributed by atoms with van der Waals surface area (Å²) in [5.74, 6) is 0.111. The normalized spacial score (nSPS) is 15.4. The maximum absolute atomic E-state index is 13.2. The first kappa shape index (κ1) is 19.5. The molecule has 3 rings (SSSR count). The van der Waals surface area contributed by atoms with E-state index in [0.29, 0.717) is 17.1 Å². The van der Waals surface area contributed by atoms with Crippen LogP contribution >= 0.6 is 0 Å². The van der Waals surface area contributed by atoms with Crippen molar-refractivity contribution in [3.63, 3.8) is 0 Å². The lowest BCUT2D eigenvalue weighted by atomic mass is 9.93. The van der Waals surface area contributed by atoms with E-state index in [-0.39, 0.29) is 17.9 Å². The highest BCUT2D eigenvalue weighted by Gasteiger charge is 2.26. The molecule has 6 heteroatoms. The van der Waals surface area contributed by atoms with Crippen LogP contribution in [0.25, 0.3) is 10.8 Å². The molecule has 0 saturated heterocycles. The van der Waals surface area contributed by atoms with Crippen molar-refractivity contribution in [1.29, 1.82) is 0 Å². The predicted molar refractivity (Wildman–Crippen MR) is 108 cm³/mol. The molecule has 6 nitrogen and oxygen atoms in total. The van der Waals surface area contributed by atoms with Crippen LogP contribution in [-0.4, -0.2) is 58.7 Å². The monoisotopic (exact) mass is 370 g/mol. The van der Waals surface area contributed by atoms with Crippen LogP contribution < -0.4 is 5.56 Å². The molecular weight excluding hydrogens is 340 g/mol. The largest absolute Gasteiger partial charge is 0.338 e. The Bertz CT molecular complexity index is 853. The zero-order valence-electron chi connectivity index (χ0n) is 16.6. The molecule has 1 aromatic heterocycles. The average Bonchev–Trinajstić information content (AvgIpc) is 2.66. The molecule has 146 valence electrons. The summed E-state index contributed by atoms with van der Waals surface area (Å²) >= 11 is 0. The molecule has 1 heterocycles. The quantitative estimate of drug-likeness (QED) is 0.782. The van der Waals surface area contributed by atoms with E-state index in [9.17, 15) is 9.59 Å². The third-order valence-corrected chi connectivity index (χ3v) is 5.48. The van der Waals surface area contributed by atoms with Crippen LogP contribution in [0.4, 0.5) is 0 Å². The second-order valence-electron chi connectivity index (χ2n) is 7.78. The summed E-state index contributed by atoms with van der Waals surface area (Å²) in [5.41, 5.74) is 0.557. The van der Waals surface area contributed by atoms with Crippen molar-refractivity contribution in [2.24, 2.45) is 7.05 Å². The number of benzene rings is 1. The first-order valence-corrected chi connectivity index (χ1v) is 9.86. The van der Waals surface area contributed by atoms with E-state index in [2.05, 4.69) is 14.9 Å². The number of fused-ring (bicyclic) bond motifs is 1. The molecule has 1 aromatic carbocycles. The number of carbonyl (C=O) groups excluding carboxylic acids is 1. The maximum Gasteiger partial charge on any atom is 0.274 e. The van der Waals surface area contributed by atoms with E-state index >= 15 is 0 Å². The number of aromatic nitrogens is 2. The molecule has 0 spiro atoms. The Balaban J connectivity index is 1.87. The Kier molecular flexibility index (Phi) is 6.26. The Labute approximate surface area is 160 Å². The molecule has 0 bridgehead atoms. The summed E-state index contributed by atoms with van der Waals surface area (Å²) in [5, 5.41) is 5.81. The van der Waals surface area contributed by atoms with Gasteiger partial charge in [-0.2, -0.15) is 5.10 Å². The molecule has 0 atom stereocenters. The van der Waals surface area contributed by atoms with E-state index in [1.54, 1.807) is 13.1 Å². The van der Waals surface area contributed by atoms with Gasteiger partial charge in [0.2, 0.25) is 5.91 Å². The van der Waals surface area contributed by atoms with Crippen molar-refractivity contribution in [3.05, 3.63) is 40.3 Å². The number of likely N-dealkylation sites (N-methyl/N-ethyl adjacent to an activating group) is 1. The van der Waals surface area contributed by atoms with Crippen LogP contribution in [0, 0.1) is 0 Å². The number of hydrogen-bond acceptors (Lipinski definition) is 4. The van der Waals surface area contributed by atoms with E-state index in [1.807, 2.05) is 32.3 Å². The van der Waals surface area contributed by atoms with Crippen molar-refractivity contribution < 1.29 is 4.79 Å². The van der Waals surface area contributed by atoms with Crippen molar-refractivity contribution in [2.75, 3.05) is 27.2 Å². The van der Waals surface area contributed by atoms with Crippen LogP contribution in [0.1, 0.15) is 37.8 Å². The van der Waals surface area contributed by atoms with Crippen molar-refractivity contribution in [2.45, 2.75) is 44.6 Å². The molecule has 1 fully saturated rings. The zero-order chi connectivity index (χ0) is 19.4. The molecule has 1 aliphatic carbocycles. The van der Waals surface area contributed by atoms with Gasteiger partial charge in [-0.25, -0.2) is 4.68 Å². The lowest BCUT2D eigenvalue weighted by molar-refractivity contribution is -0.133. The summed E-state index contributed by atoms with van der Waals surface area (Å²) < 4.78 is 1.34. The fourth-order valence-corrected chi connectivity index (χ4v) is 3.96. The molecular formula is C21H30N4O2. The predicted octanol–water partition coefficient (Wildman–Crippen LogP) is 2.20. The molecule has 0 aliphatic heterocycles. The summed E-state index contributed by atoms with van der Waals surface area (Å²) in [6, 6.07) is 7.75. The Morgan fingerprint density at radius 3 is 2.44 bits per heavy atom. The van der Waals surface area contributed by atoms with Crippen molar-refractivity contribution in [1.82, 2.24) is 19.6 Å². The van der Waals surface area contributed by atoms with Crippen LogP contribution in [-0.2, 0) is 18.3 Å². The minimum Gasteiger partial charge on any atom is -0.338 e. The van der Waals surface area contributed by atoms with Gasteiger partial charge in [-0.05, 0) is 33.0 Å². The molecule has 2 aromatic rings. The van der Waals surface area contributed by atoms with E-state index in [0.717, 1.165) is 31.3 Å². The fraction of sp³-hybridized carbons (Fsp3) is 0.571. The van der Waals surface area contributed by atoms with Crippen LogP contribution in [0.15, 0.2) is 29.1 Å². The summed E-state index contributed by atoms with van der Waals surface area (Å²) in [4.78, 5) is 29.7. The number of nitrogens with zero attached hydrogens (tertiary/aromatic N) is 4. The van der Waals surface area contributed by atoms with Gasteiger partial charge in [0, 0.05) is 31.6 Å². The second-order valence-corrected chi connectivity index (χ2v) is 7.78. The number of aryl methyl sites for hydroxylation is 1. The third-order valence-electron chi connectivity index (χ3n) is 5.48. The summed E-state index contributed by atoms with van der Waals surface area (Å²) in [6.07, 6.45) is 6.05. The Morgan fingerprint density at radius 2 is 1.78 bits per heavy atom. The standard InChI is InChI=1S/C21H30N4O2/c1-23(2)13-14-25(16-9-5-4-6-10-16)20(26)15-19-17-11-7-8-12-18(17)21(27)24(3)22-19/h7-8,11-12,16H,4-6,9-10,13-15H2,1-3H3. The van der Waals surface area contributed by atoms with Gasteiger partial charge >= 0.3 is 0 Å². The van der Waals surface area contributed by atoms with Gasteiger partial charge in [0.1, 0.15) is 0 Å². The van der Waals surface area contributed by atoms with Gasteiger partial charge in [-0.1, -0.05) is 37.5 Å². The molecule has 0 radical (unpaired) electrons. The van der Waals surface area contributed by atoms with Gasteiger partial charge in [0.25, 0.3) is 5.56 Å².